The summed E-state index contributed by atoms with van der Waals surface area (Å²) < 4.78 is 2.28. The molecule has 2 fully saturated rings. The van der Waals surface area contributed by atoms with Gasteiger partial charge in [0.2, 0.25) is 0 Å². The third kappa shape index (κ3) is 3.23. The lowest BCUT2D eigenvalue weighted by atomic mass is 9.71. The molecule has 2 N–H and O–H groups in total. The van der Waals surface area contributed by atoms with Crippen LogP contribution in [-0.2, 0) is 6.54 Å². The predicted molar refractivity (Wildman–Crippen MR) is 79.4 cm³/mol. The maximum absolute atomic E-state index is 10.6. The first-order valence-corrected chi connectivity index (χ1v) is 7.91. The van der Waals surface area contributed by atoms with Crippen LogP contribution in [0.15, 0.2) is 12.5 Å². The summed E-state index contributed by atoms with van der Waals surface area (Å²) in [5.74, 6) is 0. The molecule has 0 aromatic carbocycles. The lowest BCUT2D eigenvalue weighted by Gasteiger charge is -2.40. The number of hydrogen-bond donors (Lipinski definition) is 2. The van der Waals surface area contributed by atoms with Crippen LogP contribution in [0.25, 0.3) is 0 Å². The van der Waals surface area contributed by atoms with Gasteiger partial charge >= 0.3 is 0 Å². The minimum atomic E-state index is -0.514. The van der Waals surface area contributed by atoms with Crippen molar-refractivity contribution in [2.24, 2.45) is 5.41 Å². The Bertz CT molecular complexity index is 452. The minimum Gasteiger partial charge on any atom is -0.389 e. The molecule has 20 heavy (non-hydrogen) atoms. The monoisotopic (exact) mass is 277 g/mol. The second-order valence-electron chi connectivity index (χ2n) is 7.52. The van der Waals surface area contributed by atoms with Gasteiger partial charge in [-0.1, -0.05) is 13.8 Å². The van der Waals surface area contributed by atoms with E-state index in [4.69, 9.17) is 0 Å². The van der Waals surface area contributed by atoms with Gasteiger partial charge in [0.05, 0.1) is 17.6 Å². The number of nitrogens with one attached hydrogen (secondary N) is 1. The number of imidazole rings is 1. The highest BCUT2D eigenvalue weighted by Gasteiger charge is 2.36. The molecular weight excluding hydrogens is 250 g/mol. The summed E-state index contributed by atoms with van der Waals surface area (Å²) in [7, 11) is 0. The Balaban J connectivity index is 1.48. The summed E-state index contributed by atoms with van der Waals surface area (Å²) in [5.41, 5.74) is 1.13. The van der Waals surface area contributed by atoms with E-state index in [1.165, 1.54) is 18.5 Å². The summed E-state index contributed by atoms with van der Waals surface area (Å²) in [6, 6.07) is 0.674. The van der Waals surface area contributed by atoms with E-state index < -0.39 is 5.60 Å². The Morgan fingerprint density at radius 1 is 1.30 bits per heavy atom. The summed E-state index contributed by atoms with van der Waals surface area (Å²) >= 11 is 0. The summed E-state index contributed by atoms with van der Waals surface area (Å²) in [6.45, 7) is 6.10. The lowest BCUT2D eigenvalue weighted by molar-refractivity contribution is -0.0245. The first-order chi connectivity index (χ1) is 9.48. The first kappa shape index (κ1) is 14.1. The number of rotatable bonds is 5. The molecule has 112 valence electrons. The average Bonchev–Trinajstić information content (AvgIpc) is 3.14. The standard InChI is InChI=1S/C16H27N3O/c1-15(2)5-7-16(20,8-6-15)11-17-9-14-10-18-12-19(14)13-3-4-13/h10,12-13,17,20H,3-9,11H2,1-2H3. The van der Waals surface area contributed by atoms with E-state index in [1.807, 2.05) is 12.5 Å². The summed E-state index contributed by atoms with van der Waals surface area (Å²) in [4.78, 5) is 4.25. The normalized spacial score (nSPS) is 24.8. The maximum Gasteiger partial charge on any atom is 0.0951 e. The zero-order chi connectivity index (χ0) is 14.2. The van der Waals surface area contributed by atoms with Crippen LogP contribution in [0.3, 0.4) is 0 Å². The molecule has 4 heteroatoms. The van der Waals surface area contributed by atoms with E-state index >= 15 is 0 Å². The van der Waals surface area contributed by atoms with Crippen LogP contribution in [0.4, 0.5) is 0 Å². The second-order valence-corrected chi connectivity index (χ2v) is 7.52. The fraction of sp³-hybridized carbons (Fsp3) is 0.812. The Morgan fingerprint density at radius 3 is 2.65 bits per heavy atom. The van der Waals surface area contributed by atoms with E-state index in [1.54, 1.807) is 0 Å². The highest BCUT2D eigenvalue weighted by atomic mass is 16.3. The van der Waals surface area contributed by atoms with Gasteiger partial charge < -0.3 is 15.0 Å². The Hall–Kier alpha value is -0.870. The van der Waals surface area contributed by atoms with Gasteiger partial charge in [0.25, 0.3) is 0 Å². The van der Waals surface area contributed by atoms with E-state index in [9.17, 15) is 5.11 Å². The van der Waals surface area contributed by atoms with E-state index in [0.717, 1.165) is 32.2 Å². The van der Waals surface area contributed by atoms with E-state index in [0.29, 0.717) is 18.0 Å². The van der Waals surface area contributed by atoms with Crippen LogP contribution in [0, 0.1) is 5.41 Å². The molecule has 0 bridgehead atoms. The molecule has 0 unspecified atom stereocenters. The molecule has 0 aliphatic heterocycles. The van der Waals surface area contributed by atoms with Crippen molar-refractivity contribution in [2.75, 3.05) is 6.54 Å². The van der Waals surface area contributed by atoms with Crippen LogP contribution < -0.4 is 5.32 Å². The highest BCUT2D eigenvalue weighted by Crippen LogP contribution is 2.40. The first-order valence-electron chi connectivity index (χ1n) is 7.91. The number of nitrogens with zero attached hydrogens (tertiary/aromatic N) is 2. The minimum absolute atomic E-state index is 0.400. The fourth-order valence-electron chi connectivity index (χ4n) is 3.14. The van der Waals surface area contributed by atoms with Crippen LogP contribution in [0.5, 0.6) is 0 Å². The van der Waals surface area contributed by atoms with Crippen molar-refractivity contribution in [3.8, 4) is 0 Å². The van der Waals surface area contributed by atoms with Crippen LogP contribution >= 0.6 is 0 Å². The Morgan fingerprint density at radius 2 is 2.00 bits per heavy atom. The molecule has 3 rings (SSSR count). The molecule has 1 heterocycles. The van der Waals surface area contributed by atoms with Gasteiger partial charge in [0, 0.05) is 25.3 Å². The molecule has 0 saturated heterocycles. The quantitative estimate of drug-likeness (QED) is 0.870. The highest BCUT2D eigenvalue weighted by molar-refractivity contribution is 5.03. The average molecular weight is 277 g/mol. The molecule has 1 aromatic heterocycles. The van der Waals surface area contributed by atoms with Gasteiger partial charge in [-0.2, -0.15) is 0 Å². The van der Waals surface area contributed by atoms with Gasteiger partial charge in [-0.05, 0) is 43.9 Å². The van der Waals surface area contributed by atoms with Gasteiger partial charge in [-0.3, -0.25) is 0 Å². The zero-order valence-corrected chi connectivity index (χ0v) is 12.7. The van der Waals surface area contributed by atoms with Crippen molar-refractivity contribution in [3.63, 3.8) is 0 Å². The fourth-order valence-corrected chi connectivity index (χ4v) is 3.14. The molecule has 2 saturated carbocycles. The molecule has 2 aliphatic rings. The molecule has 2 aliphatic carbocycles. The third-order valence-electron chi connectivity index (χ3n) is 4.98. The SMILES string of the molecule is CC1(C)CCC(O)(CNCc2cncn2C2CC2)CC1. The molecule has 4 nitrogen and oxygen atoms in total. The Labute approximate surface area is 121 Å². The van der Waals surface area contributed by atoms with Crippen molar-refractivity contribution in [3.05, 3.63) is 18.2 Å². The number of aromatic nitrogens is 2. The van der Waals surface area contributed by atoms with Crippen molar-refractivity contribution in [2.45, 2.75) is 70.6 Å². The second kappa shape index (κ2) is 5.15. The maximum atomic E-state index is 10.6. The van der Waals surface area contributed by atoms with Gasteiger partial charge in [0.1, 0.15) is 0 Å². The van der Waals surface area contributed by atoms with Crippen LogP contribution in [0.2, 0.25) is 0 Å². The number of hydrogen-bond acceptors (Lipinski definition) is 3. The molecular formula is C16H27N3O. The molecule has 1 aromatic rings. The Kier molecular flexibility index (Phi) is 3.63. The van der Waals surface area contributed by atoms with Gasteiger partial charge in [-0.25, -0.2) is 4.98 Å². The van der Waals surface area contributed by atoms with E-state index in [-0.39, 0.29) is 0 Å². The van der Waals surface area contributed by atoms with Crippen molar-refractivity contribution >= 4 is 0 Å². The third-order valence-corrected chi connectivity index (χ3v) is 4.98. The predicted octanol–water partition coefficient (Wildman–Crippen LogP) is 2.64. The molecule has 0 atom stereocenters. The van der Waals surface area contributed by atoms with Crippen molar-refractivity contribution in [1.29, 1.82) is 0 Å². The largest absolute Gasteiger partial charge is 0.389 e. The summed E-state index contributed by atoms with van der Waals surface area (Å²) in [6.07, 6.45) is 10.5. The van der Waals surface area contributed by atoms with E-state index in [2.05, 4.69) is 28.7 Å². The zero-order valence-electron chi connectivity index (χ0n) is 12.7. The molecule has 0 radical (unpaired) electrons. The van der Waals surface area contributed by atoms with Crippen molar-refractivity contribution in [1.82, 2.24) is 14.9 Å². The smallest absolute Gasteiger partial charge is 0.0951 e. The van der Waals surface area contributed by atoms with Crippen molar-refractivity contribution < 1.29 is 5.11 Å². The molecule has 0 spiro atoms. The van der Waals surface area contributed by atoms with Gasteiger partial charge in [-0.15, -0.1) is 0 Å². The van der Waals surface area contributed by atoms with Gasteiger partial charge in [0.15, 0.2) is 0 Å². The summed E-state index contributed by atoms with van der Waals surface area (Å²) in [5, 5.41) is 14.1. The number of aliphatic hydroxyl groups is 1. The topological polar surface area (TPSA) is 50.1 Å². The lowest BCUT2D eigenvalue weighted by Crippen LogP contribution is -2.45. The van der Waals surface area contributed by atoms with Crippen LogP contribution in [-0.4, -0.2) is 26.8 Å². The molecule has 0 amide bonds. The van der Waals surface area contributed by atoms with Crippen LogP contribution in [0.1, 0.15) is 64.1 Å².